The lowest BCUT2D eigenvalue weighted by Crippen LogP contribution is -2.28. The average Bonchev–Trinajstić information content (AvgIpc) is 3.42. The Bertz CT molecular complexity index is 1200. The summed E-state index contributed by atoms with van der Waals surface area (Å²) in [5, 5.41) is 3.63. The van der Waals surface area contributed by atoms with E-state index in [1.165, 1.54) is 4.90 Å². The van der Waals surface area contributed by atoms with E-state index >= 15 is 0 Å². The smallest absolute Gasteiger partial charge is 0.259 e. The number of rotatable bonds is 7. The highest BCUT2D eigenvalue weighted by Gasteiger charge is 2.15. The number of aromatic nitrogens is 1. The van der Waals surface area contributed by atoms with Crippen molar-refractivity contribution in [3.05, 3.63) is 72.0 Å². The number of nitrogens with one attached hydrogen (secondary N) is 1. The Morgan fingerprint density at radius 3 is 2.65 bits per heavy atom. The van der Waals surface area contributed by atoms with Crippen LogP contribution in [-0.4, -0.2) is 42.4 Å². The fraction of sp³-hybridized carbons (Fsp3) is 0.174. The number of thiazole rings is 1. The summed E-state index contributed by atoms with van der Waals surface area (Å²) in [4.78, 5) is 30.5. The zero-order valence-corrected chi connectivity index (χ0v) is 17.9. The molecule has 0 saturated heterocycles. The monoisotopic (exact) mass is 435 g/mol. The zero-order chi connectivity index (χ0) is 21.8. The normalized spacial score (nSPS) is 10.8. The minimum absolute atomic E-state index is 0.138. The first-order valence-corrected chi connectivity index (χ1v) is 10.5. The molecule has 2 aromatic heterocycles. The van der Waals surface area contributed by atoms with Gasteiger partial charge >= 0.3 is 0 Å². The van der Waals surface area contributed by atoms with Crippen molar-refractivity contribution in [3.8, 4) is 16.5 Å². The summed E-state index contributed by atoms with van der Waals surface area (Å²) in [5.41, 5.74) is 1.28. The maximum Gasteiger partial charge on any atom is 0.259 e. The number of likely N-dealkylation sites (N-methyl/N-ethyl adjacent to an activating group) is 1. The molecule has 2 aromatic carbocycles. The Morgan fingerprint density at radius 1 is 1.06 bits per heavy atom. The molecule has 0 aliphatic rings. The lowest BCUT2D eigenvalue weighted by molar-refractivity contribution is -0.130. The largest absolute Gasteiger partial charge is 0.483 e. The number of furan rings is 1. The van der Waals surface area contributed by atoms with E-state index < -0.39 is 0 Å². The van der Waals surface area contributed by atoms with Crippen LogP contribution in [0.4, 0.5) is 0 Å². The van der Waals surface area contributed by atoms with Crippen molar-refractivity contribution in [1.29, 1.82) is 0 Å². The van der Waals surface area contributed by atoms with Crippen molar-refractivity contribution in [3.63, 3.8) is 0 Å². The molecule has 2 heterocycles. The van der Waals surface area contributed by atoms with Crippen LogP contribution >= 0.6 is 11.3 Å². The first kappa shape index (κ1) is 20.6. The molecular formula is C23H21N3O4S. The van der Waals surface area contributed by atoms with Crippen LogP contribution in [0.1, 0.15) is 16.1 Å². The van der Waals surface area contributed by atoms with Crippen molar-refractivity contribution in [2.24, 2.45) is 0 Å². The second-order valence-electron chi connectivity index (χ2n) is 7.01. The van der Waals surface area contributed by atoms with Gasteiger partial charge in [-0.1, -0.05) is 24.3 Å². The molecule has 0 unspecified atom stereocenters. The van der Waals surface area contributed by atoms with E-state index in [0.717, 1.165) is 15.2 Å². The summed E-state index contributed by atoms with van der Waals surface area (Å²) in [6, 6.07) is 18.4. The lowest BCUT2D eigenvalue weighted by atomic mass is 10.2. The number of hydrogen-bond donors (Lipinski definition) is 1. The standard InChI is InChI=1S/C23H21N3O4S/c1-26(2)21(27)14-29-18-9-5-3-7-16(18)22(28)24-13-15-11-12-19(30-15)23-25-17-8-4-6-10-20(17)31-23/h3-12H,13-14H2,1-2H3,(H,24,28). The number of ether oxygens (including phenoxy) is 1. The molecule has 7 nitrogen and oxygen atoms in total. The van der Waals surface area contributed by atoms with Gasteiger partial charge < -0.3 is 19.4 Å². The molecule has 0 radical (unpaired) electrons. The zero-order valence-electron chi connectivity index (χ0n) is 17.1. The second kappa shape index (κ2) is 9.01. The number of nitrogens with zero attached hydrogens (tertiary/aromatic N) is 2. The number of carbonyl (C=O) groups is 2. The minimum Gasteiger partial charge on any atom is -0.483 e. The van der Waals surface area contributed by atoms with Crippen molar-refractivity contribution >= 4 is 33.4 Å². The summed E-state index contributed by atoms with van der Waals surface area (Å²) in [5.74, 6) is 1.13. The van der Waals surface area contributed by atoms with E-state index in [4.69, 9.17) is 9.15 Å². The molecule has 1 N–H and O–H groups in total. The predicted octanol–water partition coefficient (Wildman–Crippen LogP) is 3.95. The van der Waals surface area contributed by atoms with Crippen LogP contribution in [0.15, 0.2) is 65.1 Å². The highest BCUT2D eigenvalue weighted by molar-refractivity contribution is 7.21. The maximum atomic E-state index is 12.7. The number of para-hydroxylation sites is 2. The number of carbonyl (C=O) groups excluding carboxylic acids is 2. The lowest BCUT2D eigenvalue weighted by Gasteiger charge is -2.13. The summed E-state index contributed by atoms with van der Waals surface area (Å²) >= 11 is 1.56. The van der Waals surface area contributed by atoms with Gasteiger partial charge in [0.05, 0.1) is 22.3 Å². The Hall–Kier alpha value is -3.65. The summed E-state index contributed by atoms with van der Waals surface area (Å²) in [7, 11) is 3.30. The van der Waals surface area contributed by atoms with Crippen LogP contribution in [0.3, 0.4) is 0 Å². The van der Waals surface area contributed by atoms with Gasteiger partial charge in [0.15, 0.2) is 17.4 Å². The van der Waals surface area contributed by atoms with Crippen LogP contribution in [0.2, 0.25) is 0 Å². The van der Waals surface area contributed by atoms with E-state index in [1.54, 1.807) is 49.7 Å². The number of amides is 2. The van der Waals surface area contributed by atoms with Gasteiger partial charge in [-0.15, -0.1) is 11.3 Å². The molecule has 0 spiro atoms. The Kier molecular flexibility index (Phi) is 5.99. The van der Waals surface area contributed by atoms with Crippen LogP contribution < -0.4 is 10.1 Å². The minimum atomic E-state index is -0.314. The predicted molar refractivity (Wildman–Crippen MR) is 119 cm³/mol. The van der Waals surface area contributed by atoms with Crippen molar-refractivity contribution in [1.82, 2.24) is 15.2 Å². The van der Waals surface area contributed by atoms with Gasteiger partial charge in [0, 0.05) is 14.1 Å². The SMILES string of the molecule is CN(C)C(=O)COc1ccccc1C(=O)NCc1ccc(-c2nc3ccccc3s2)o1. The molecule has 0 bridgehead atoms. The van der Waals surface area contributed by atoms with Crippen LogP contribution in [0.25, 0.3) is 21.0 Å². The third-order valence-electron chi connectivity index (χ3n) is 4.57. The van der Waals surface area contributed by atoms with Gasteiger partial charge in [0.25, 0.3) is 11.8 Å². The maximum absolute atomic E-state index is 12.7. The van der Waals surface area contributed by atoms with Crippen LogP contribution in [-0.2, 0) is 11.3 Å². The van der Waals surface area contributed by atoms with E-state index in [0.29, 0.717) is 22.8 Å². The average molecular weight is 436 g/mol. The molecular weight excluding hydrogens is 414 g/mol. The Balaban J connectivity index is 1.41. The molecule has 0 aliphatic heterocycles. The molecule has 0 aliphatic carbocycles. The fourth-order valence-electron chi connectivity index (χ4n) is 2.88. The van der Waals surface area contributed by atoms with E-state index in [1.807, 2.05) is 36.4 Å². The topological polar surface area (TPSA) is 84.7 Å². The fourth-order valence-corrected chi connectivity index (χ4v) is 3.80. The van der Waals surface area contributed by atoms with Gasteiger partial charge in [-0.2, -0.15) is 0 Å². The third kappa shape index (κ3) is 4.75. The quantitative estimate of drug-likeness (QED) is 0.475. The third-order valence-corrected chi connectivity index (χ3v) is 5.62. The molecule has 31 heavy (non-hydrogen) atoms. The van der Waals surface area contributed by atoms with E-state index in [2.05, 4.69) is 10.3 Å². The first-order valence-electron chi connectivity index (χ1n) is 9.66. The summed E-state index contributed by atoms with van der Waals surface area (Å²) < 4.78 is 12.5. The summed E-state index contributed by atoms with van der Waals surface area (Å²) in [6.45, 7) is 0.0791. The van der Waals surface area contributed by atoms with E-state index in [-0.39, 0.29) is 25.0 Å². The molecule has 4 rings (SSSR count). The highest BCUT2D eigenvalue weighted by Crippen LogP contribution is 2.31. The van der Waals surface area contributed by atoms with Crippen LogP contribution in [0.5, 0.6) is 5.75 Å². The molecule has 0 fully saturated rings. The van der Waals surface area contributed by atoms with Gasteiger partial charge in [0.1, 0.15) is 11.5 Å². The molecule has 0 saturated carbocycles. The molecule has 2 amide bonds. The molecule has 158 valence electrons. The molecule has 0 atom stereocenters. The van der Waals surface area contributed by atoms with Gasteiger partial charge in [-0.25, -0.2) is 4.98 Å². The Labute approximate surface area is 183 Å². The first-order chi connectivity index (χ1) is 15.0. The van der Waals surface area contributed by atoms with Gasteiger partial charge in [-0.3, -0.25) is 9.59 Å². The molecule has 4 aromatic rings. The summed E-state index contributed by atoms with van der Waals surface area (Å²) in [6.07, 6.45) is 0. The molecule has 8 heteroatoms. The number of benzene rings is 2. The second-order valence-corrected chi connectivity index (χ2v) is 8.04. The van der Waals surface area contributed by atoms with Crippen molar-refractivity contribution < 1.29 is 18.7 Å². The van der Waals surface area contributed by atoms with Crippen molar-refractivity contribution in [2.45, 2.75) is 6.54 Å². The van der Waals surface area contributed by atoms with E-state index in [9.17, 15) is 9.59 Å². The number of hydrogen-bond acceptors (Lipinski definition) is 6. The van der Waals surface area contributed by atoms with Crippen molar-refractivity contribution in [2.75, 3.05) is 20.7 Å². The highest BCUT2D eigenvalue weighted by atomic mass is 32.1. The van der Waals surface area contributed by atoms with Gasteiger partial charge in [-0.05, 0) is 36.4 Å². The van der Waals surface area contributed by atoms with Gasteiger partial charge in [0.2, 0.25) is 0 Å². The number of fused-ring (bicyclic) bond motifs is 1. The Morgan fingerprint density at radius 2 is 1.84 bits per heavy atom. The van der Waals surface area contributed by atoms with Crippen LogP contribution in [0, 0.1) is 0 Å².